The van der Waals surface area contributed by atoms with Crippen LogP contribution in [0.5, 0.6) is 0 Å². The predicted octanol–water partition coefficient (Wildman–Crippen LogP) is 5.12. The summed E-state index contributed by atoms with van der Waals surface area (Å²) in [7, 11) is 0. The third kappa shape index (κ3) is 5.83. The van der Waals surface area contributed by atoms with Gasteiger partial charge in [0.1, 0.15) is 6.54 Å². The van der Waals surface area contributed by atoms with Gasteiger partial charge in [-0.15, -0.1) is 11.8 Å². The summed E-state index contributed by atoms with van der Waals surface area (Å²) in [6, 6.07) is 3.06. The lowest BCUT2D eigenvalue weighted by Crippen LogP contribution is -2.44. The zero-order valence-electron chi connectivity index (χ0n) is 14.2. The Morgan fingerprint density at radius 3 is 2.31 bits per heavy atom. The fourth-order valence-corrected chi connectivity index (χ4v) is 3.07. The summed E-state index contributed by atoms with van der Waals surface area (Å²) in [5, 5.41) is 9.21. The van der Waals surface area contributed by atoms with Crippen LogP contribution in [-0.4, -0.2) is 36.6 Å². The second kappa shape index (κ2) is 8.66. The average molecular weight is 397 g/mol. The van der Waals surface area contributed by atoms with Crippen LogP contribution in [0.1, 0.15) is 25.0 Å². The van der Waals surface area contributed by atoms with Gasteiger partial charge in [0.2, 0.25) is 0 Å². The largest absolute Gasteiger partial charge is 0.417 e. The van der Waals surface area contributed by atoms with Crippen molar-refractivity contribution in [3.05, 3.63) is 29.3 Å². The van der Waals surface area contributed by atoms with Crippen molar-refractivity contribution >= 4 is 22.5 Å². The number of anilines is 1. The van der Waals surface area contributed by atoms with E-state index in [4.69, 9.17) is 5.26 Å². The summed E-state index contributed by atoms with van der Waals surface area (Å²) in [6.07, 6.45) is -7.85. The Bertz CT molecular complexity index is 691. The van der Waals surface area contributed by atoms with E-state index >= 15 is 0 Å². The van der Waals surface area contributed by atoms with Gasteiger partial charge < -0.3 is 4.90 Å². The maximum Gasteiger partial charge on any atom is 0.417 e. The molecule has 0 aromatic heterocycles. The van der Waals surface area contributed by atoms with E-state index in [0.29, 0.717) is 17.7 Å². The van der Waals surface area contributed by atoms with Crippen LogP contribution in [0.2, 0.25) is 0 Å². The number of aliphatic imine (C=N–C) groups is 1. The van der Waals surface area contributed by atoms with Crippen LogP contribution in [-0.2, 0) is 6.18 Å². The summed E-state index contributed by atoms with van der Waals surface area (Å²) in [5.41, 5.74) is -2.19. The smallest absolute Gasteiger partial charge is 0.354 e. The molecule has 0 aliphatic heterocycles. The van der Waals surface area contributed by atoms with E-state index in [-0.39, 0.29) is 5.69 Å². The minimum absolute atomic E-state index is 0.279. The number of halogens is 6. The van der Waals surface area contributed by atoms with Crippen molar-refractivity contribution in [1.82, 2.24) is 0 Å². The molecule has 0 aliphatic carbocycles. The minimum atomic E-state index is -4.85. The minimum Gasteiger partial charge on any atom is -0.354 e. The van der Waals surface area contributed by atoms with Gasteiger partial charge in [0.25, 0.3) is 0 Å². The van der Waals surface area contributed by atoms with E-state index in [1.807, 2.05) is 0 Å². The molecule has 0 heterocycles. The molecule has 1 rings (SSSR count). The topological polar surface area (TPSA) is 39.4 Å². The summed E-state index contributed by atoms with van der Waals surface area (Å²) in [4.78, 5) is 4.93. The summed E-state index contributed by atoms with van der Waals surface area (Å²) >= 11 is 1.14. The van der Waals surface area contributed by atoms with Gasteiger partial charge in [0.15, 0.2) is 0 Å². The molecule has 144 valence electrons. The van der Waals surface area contributed by atoms with Gasteiger partial charge in [-0.25, -0.2) is 0 Å². The van der Waals surface area contributed by atoms with Gasteiger partial charge in [0, 0.05) is 12.2 Å². The molecule has 0 saturated carbocycles. The molecular weight excluding hydrogens is 380 g/mol. The molecule has 0 spiro atoms. The van der Waals surface area contributed by atoms with Crippen LogP contribution in [0.15, 0.2) is 23.2 Å². The van der Waals surface area contributed by atoms with E-state index in [1.165, 1.54) is 13.0 Å². The molecule has 10 heteroatoms. The van der Waals surface area contributed by atoms with Crippen molar-refractivity contribution in [2.75, 3.05) is 24.2 Å². The van der Waals surface area contributed by atoms with Crippen molar-refractivity contribution in [3.8, 4) is 6.07 Å². The molecule has 0 fully saturated rings. The molecule has 0 saturated heterocycles. The average Bonchev–Trinajstić information content (AvgIpc) is 2.54. The molecule has 1 aromatic carbocycles. The van der Waals surface area contributed by atoms with E-state index in [1.54, 1.807) is 13.2 Å². The molecular formula is C16H17F6N3S. The highest BCUT2D eigenvalue weighted by atomic mass is 32.2. The SMILES string of the molecule is CCN=C(SC)C(C)N(CC(F)(F)F)c1ccc(C#N)c(C(F)(F)F)c1. The Morgan fingerprint density at radius 2 is 1.88 bits per heavy atom. The lowest BCUT2D eigenvalue weighted by atomic mass is 10.1. The molecule has 0 radical (unpaired) electrons. The zero-order chi connectivity index (χ0) is 20.1. The first-order valence-corrected chi connectivity index (χ1v) is 8.70. The lowest BCUT2D eigenvalue weighted by Gasteiger charge is -2.33. The zero-order valence-corrected chi connectivity index (χ0v) is 15.1. The standard InChI is InChI=1S/C16H17F6N3S/c1-4-24-14(26-3)10(2)25(9-15(17,18)19)12-6-5-11(8-23)13(7-12)16(20,21)22/h5-7,10H,4,9H2,1-3H3. The number of nitriles is 1. The second-order valence-electron chi connectivity index (χ2n) is 5.28. The van der Waals surface area contributed by atoms with E-state index in [0.717, 1.165) is 28.8 Å². The highest BCUT2D eigenvalue weighted by Crippen LogP contribution is 2.36. The highest BCUT2D eigenvalue weighted by Gasteiger charge is 2.37. The molecule has 0 N–H and O–H groups in total. The van der Waals surface area contributed by atoms with Gasteiger partial charge in [0.05, 0.1) is 28.3 Å². The Labute approximate surface area is 151 Å². The summed E-state index contributed by atoms with van der Waals surface area (Å²) in [5.74, 6) is 0. The number of rotatable bonds is 5. The van der Waals surface area contributed by atoms with Gasteiger partial charge in [-0.2, -0.15) is 31.6 Å². The number of nitrogens with zero attached hydrogens (tertiary/aromatic N) is 3. The Kier molecular flexibility index (Phi) is 7.38. The fraction of sp³-hybridized carbons (Fsp3) is 0.500. The Morgan fingerprint density at radius 1 is 1.27 bits per heavy atom. The number of hydrogen-bond acceptors (Lipinski definition) is 4. The van der Waals surface area contributed by atoms with Crippen LogP contribution in [0.4, 0.5) is 32.0 Å². The maximum absolute atomic E-state index is 13.1. The first kappa shape index (κ1) is 22.2. The number of thioether (sulfide) groups is 1. The van der Waals surface area contributed by atoms with E-state index in [2.05, 4.69) is 4.99 Å². The van der Waals surface area contributed by atoms with Gasteiger partial charge in [-0.05, 0) is 38.3 Å². The van der Waals surface area contributed by atoms with E-state index < -0.39 is 36.1 Å². The van der Waals surface area contributed by atoms with Crippen molar-refractivity contribution in [3.63, 3.8) is 0 Å². The number of alkyl halides is 6. The molecule has 1 aromatic rings. The molecule has 0 aliphatic rings. The van der Waals surface area contributed by atoms with E-state index in [9.17, 15) is 26.3 Å². The Balaban J connectivity index is 3.49. The first-order chi connectivity index (χ1) is 11.9. The third-order valence-electron chi connectivity index (χ3n) is 3.46. The number of hydrogen-bond donors (Lipinski definition) is 0. The molecule has 0 bridgehead atoms. The summed E-state index contributed by atoms with van der Waals surface area (Å²) in [6.45, 7) is 2.05. The van der Waals surface area contributed by atoms with Crippen LogP contribution in [0.25, 0.3) is 0 Å². The van der Waals surface area contributed by atoms with Gasteiger partial charge in [-0.3, -0.25) is 4.99 Å². The van der Waals surface area contributed by atoms with Gasteiger partial charge in [-0.1, -0.05) is 0 Å². The summed E-state index contributed by atoms with van der Waals surface area (Å²) < 4.78 is 78.5. The normalized spacial score (nSPS) is 14.1. The third-order valence-corrected chi connectivity index (χ3v) is 4.35. The van der Waals surface area contributed by atoms with Crippen LogP contribution >= 0.6 is 11.8 Å². The quantitative estimate of drug-likeness (QED) is 0.394. The molecule has 3 nitrogen and oxygen atoms in total. The van der Waals surface area contributed by atoms with Crippen LogP contribution in [0, 0.1) is 11.3 Å². The number of benzene rings is 1. The highest BCUT2D eigenvalue weighted by molar-refractivity contribution is 8.13. The van der Waals surface area contributed by atoms with Crippen molar-refractivity contribution < 1.29 is 26.3 Å². The van der Waals surface area contributed by atoms with Gasteiger partial charge >= 0.3 is 12.4 Å². The van der Waals surface area contributed by atoms with Crippen molar-refractivity contribution in [2.24, 2.45) is 4.99 Å². The first-order valence-electron chi connectivity index (χ1n) is 7.47. The fourth-order valence-electron chi connectivity index (χ4n) is 2.34. The monoisotopic (exact) mass is 397 g/mol. The molecule has 26 heavy (non-hydrogen) atoms. The predicted molar refractivity (Wildman–Crippen MR) is 90.5 cm³/mol. The van der Waals surface area contributed by atoms with Crippen LogP contribution < -0.4 is 4.90 Å². The maximum atomic E-state index is 13.1. The second-order valence-corrected chi connectivity index (χ2v) is 6.10. The Hall–Kier alpha value is -1.89. The lowest BCUT2D eigenvalue weighted by molar-refractivity contribution is -0.137. The molecule has 1 unspecified atom stereocenters. The molecule has 0 amide bonds. The van der Waals surface area contributed by atoms with Crippen LogP contribution in [0.3, 0.4) is 0 Å². The van der Waals surface area contributed by atoms with Crippen molar-refractivity contribution in [1.29, 1.82) is 5.26 Å². The molecule has 1 atom stereocenters. The van der Waals surface area contributed by atoms with Crippen molar-refractivity contribution in [2.45, 2.75) is 32.2 Å².